The van der Waals surface area contributed by atoms with Gasteiger partial charge in [-0.1, -0.05) is 19.9 Å². The molecule has 1 saturated heterocycles. The Kier molecular flexibility index (Phi) is 6.28. The van der Waals surface area contributed by atoms with Crippen molar-refractivity contribution in [3.63, 3.8) is 0 Å². The van der Waals surface area contributed by atoms with E-state index >= 15 is 0 Å². The number of fused-ring (bicyclic) bond motifs is 1. The van der Waals surface area contributed by atoms with Crippen LogP contribution in [-0.2, 0) is 4.79 Å². The number of carbonyl (C=O) groups is 2. The second-order valence-electron chi connectivity index (χ2n) is 9.34. The number of piperazine rings is 1. The van der Waals surface area contributed by atoms with Gasteiger partial charge in [0.2, 0.25) is 5.91 Å². The lowest BCUT2D eigenvalue weighted by molar-refractivity contribution is -0.189. The Morgan fingerprint density at radius 3 is 2.45 bits per heavy atom. The van der Waals surface area contributed by atoms with Crippen LogP contribution in [0.25, 0.3) is 11.0 Å². The summed E-state index contributed by atoms with van der Waals surface area (Å²) in [6, 6.07) is 5.20. The van der Waals surface area contributed by atoms with Crippen LogP contribution in [0.2, 0.25) is 0 Å². The largest absolute Gasteiger partial charge is 0.394 e. The first-order valence-corrected chi connectivity index (χ1v) is 11.5. The molecule has 1 aromatic heterocycles. The molecule has 1 saturated carbocycles. The van der Waals surface area contributed by atoms with Crippen LogP contribution in [0.5, 0.6) is 0 Å². The summed E-state index contributed by atoms with van der Waals surface area (Å²) in [5, 5.41) is 2.72. The van der Waals surface area contributed by atoms with E-state index in [1.807, 2.05) is 30.9 Å². The highest BCUT2D eigenvalue weighted by Crippen LogP contribution is 2.60. The topological polar surface area (TPSA) is 70.5 Å². The molecule has 0 radical (unpaired) electrons. The lowest BCUT2D eigenvalue weighted by Gasteiger charge is -2.37. The molecule has 1 aromatic carbocycles. The number of aromatic nitrogens is 2. The van der Waals surface area contributed by atoms with Crippen LogP contribution in [0.1, 0.15) is 39.5 Å². The Hall–Kier alpha value is -2.78. The van der Waals surface area contributed by atoms with Gasteiger partial charge in [-0.25, -0.2) is 9.78 Å². The summed E-state index contributed by atoms with van der Waals surface area (Å²) in [5.74, 6) is 0.120. The van der Waals surface area contributed by atoms with Gasteiger partial charge in [0.05, 0.1) is 16.6 Å². The number of nitrogens with one attached hydrogen (secondary N) is 1. The highest BCUT2D eigenvalue weighted by atomic mass is 19.4. The smallest absolute Gasteiger partial charge is 0.366 e. The minimum atomic E-state index is -4.17. The standard InChI is InChI=1S/C23H30F3N5O2/c1-16(2)20(32)30-13-11-29(12-14-30)17-5-3-6-18-19(17)28-15-31(18)21(33)27-10-4-7-22(8-9-22)23(24,25)26/h3,5-6,15-16H,4,7-14H2,1-2H3,(H,27,33). The van der Waals surface area contributed by atoms with E-state index < -0.39 is 17.6 Å². The Morgan fingerprint density at radius 1 is 1.15 bits per heavy atom. The molecule has 0 unspecified atom stereocenters. The summed E-state index contributed by atoms with van der Waals surface area (Å²) in [7, 11) is 0. The molecule has 1 aliphatic carbocycles. The van der Waals surface area contributed by atoms with Gasteiger partial charge < -0.3 is 15.1 Å². The van der Waals surface area contributed by atoms with Crippen LogP contribution in [0.4, 0.5) is 23.7 Å². The maximum absolute atomic E-state index is 13.0. The van der Waals surface area contributed by atoms with Gasteiger partial charge in [-0.05, 0) is 37.8 Å². The van der Waals surface area contributed by atoms with Crippen molar-refractivity contribution in [2.45, 2.75) is 45.7 Å². The van der Waals surface area contributed by atoms with Crippen LogP contribution in [0, 0.1) is 11.3 Å². The Balaban J connectivity index is 1.37. The number of hydrogen-bond acceptors (Lipinski definition) is 4. The fraction of sp³-hybridized carbons (Fsp3) is 0.609. The monoisotopic (exact) mass is 465 g/mol. The van der Waals surface area contributed by atoms with Gasteiger partial charge >= 0.3 is 12.2 Å². The number of nitrogens with zero attached hydrogens (tertiary/aromatic N) is 4. The lowest BCUT2D eigenvalue weighted by Crippen LogP contribution is -2.50. The molecule has 7 nitrogen and oxygen atoms in total. The van der Waals surface area contributed by atoms with Crippen LogP contribution in [0.15, 0.2) is 24.5 Å². The van der Waals surface area contributed by atoms with E-state index in [-0.39, 0.29) is 44.1 Å². The third-order valence-electron chi connectivity index (χ3n) is 6.76. The summed E-state index contributed by atoms with van der Waals surface area (Å²) in [5.41, 5.74) is 0.680. The fourth-order valence-electron chi connectivity index (χ4n) is 4.51. The SMILES string of the molecule is CC(C)C(=O)N1CCN(c2cccc3c2ncn3C(=O)NCCCC2(C(F)(F)F)CC2)CC1. The summed E-state index contributed by atoms with van der Waals surface area (Å²) in [6.45, 7) is 6.60. The van der Waals surface area contributed by atoms with E-state index in [9.17, 15) is 22.8 Å². The van der Waals surface area contributed by atoms with Crippen molar-refractivity contribution in [3.05, 3.63) is 24.5 Å². The van der Waals surface area contributed by atoms with Gasteiger partial charge in [0.25, 0.3) is 0 Å². The quantitative estimate of drug-likeness (QED) is 0.655. The number of anilines is 1. The number of para-hydroxylation sites is 1. The summed E-state index contributed by atoms with van der Waals surface area (Å²) in [6.07, 6.45) is -2.04. The van der Waals surface area contributed by atoms with Gasteiger partial charge in [0.15, 0.2) is 0 Å². The molecular formula is C23H30F3N5O2. The van der Waals surface area contributed by atoms with E-state index in [4.69, 9.17) is 0 Å². The van der Waals surface area contributed by atoms with E-state index in [1.165, 1.54) is 10.9 Å². The zero-order valence-corrected chi connectivity index (χ0v) is 19.0. The second-order valence-corrected chi connectivity index (χ2v) is 9.34. The predicted molar refractivity (Wildman–Crippen MR) is 119 cm³/mol. The molecule has 0 bridgehead atoms. The van der Waals surface area contributed by atoms with Gasteiger partial charge in [-0.15, -0.1) is 0 Å². The minimum absolute atomic E-state index is 0.0301. The normalized spacial score (nSPS) is 18.1. The van der Waals surface area contributed by atoms with E-state index in [0.717, 1.165) is 5.69 Å². The zero-order chi connectivity index (χ0) is 23.8. The molecule has 0 atom stereocenters. The third kappa shape index (κ3) is 4.65. The predicted octanol–water partition coefficient (Wildman–Crippen LogP) is 4.02. The van der Waals surface area contributed by atoms with Crippen molar-refractivity contribution in [2.24, 2.45) is 11.3 Å². The number of carbonyl (C=O) groups excluding carboxylic acids is 2. The Morgan fingerprint density at radius 2 is 1.85 bits per heavy atom. The summed E-state index contributed by atoms with van der Waals surface area (Å²) in [4.78, 5) is 33.4. The number of alkyl halides is 3. The second kappa shape index (κ2) is 8.87. The molecule has 4 rings (SSSR count). The van der Waals surface area contributed by atoms with Crippen molar-refractivity contribution >= 4 is 28.7 Å². The molecule has 1 N–H and O–H groups in total. The Labute approximate surface area is 190 Å². The molecule has 2 fully saturated rings. The van der Waals surface area contributed by atoms with E-state index in [1.54, 1.807) is 6.07 Å². The average Bonchev–Trinajstić information content (AvgIpc) is 3.47. The van der Waals surface area contributed by atoms with Crippen molar-refractivity contribution in [3.8, 4) is 0 Å². The van der Waals surface area contributed by atoms with Crippen LogP contribution in [0.3, 0.4) is 0 Å². The maximum atomic E-state index is 13.0. The minimum Gasteiger partial charge on any atom is -0.366 e. The van der Waals surface area contributed by atoms with Gasteiger partial charge in [0.1, 0.15) is 11.8 Å². The van der Waals surface area contributed by atoms with Gasteiger partial charge in [0, 0.05) is 38.6 Å². The van der Waals surface area contributed by atoms with Crippen molar-refractivity contribution in [2.75, 3.05) is 37.6 Å². The highest BCUT2D eigenvalue weighted by Gasteiger charge is 2.62. The molecule has 2 aliphatic rings. The summed E-state index contributed by atoms with van der Waals surface area (Å²) < 4.78 is 40.5. The number of amides is 2. The fourth-order valence-corrected chi connectivity index (χ4v) is 4.51. The van der Waals surface area contributed by atoms with Crippen molar-refractivity contribution in [1.29, 1.82) is 0 Å². The third-order valence-corrected chi connectivity index (χ3v) is 6.76. The zero-order valence-electron chi connectivity index (χ0n) is 19.0. The molecule has 2 heterocycles. The molecular weight excluding hydrogens is 435 g/mol. The number of rotatable bonds is 6. The first-order valence-electron chi connectivity index (χ1n) is 11.5. The molecule has 2 amide bonds. The van der Waals surface area contributed by atoms with Crippen LogP contribution >= 0.6 is 0 Å². The van der Waals surface area contributed by atoms with Crippen LogP contribution < -0.4 is 10.2 Å². The Bertz CT molecular complexity index is 1020. The first kappa shape index (κ1) is 23.4. The van der Waals surface area contributed by atoms with Gasteiger partial charge in [-0.2, -0.15) is 13.2 Å². The van der Waals surface area contributed by atoms with E-state index in [0.29, 0.717) is 37.2 Å². The van der Waals surface area contributed by atoms with Crippen molar-refractivity contribution < 1.29 is 22.8 Å². The number of hydrogen-bond donors (Lipinski definition) is 1. The molecule has 180 valence electrons. The maximum Gasteiger partial charge on any atom is 0.394 e. The molecule has 33 heavy (non-hydrogen) atoms. The molecule has 0 spiro atoms. The van der Waals surface area contributed by atoms with Crippen molar-refractivity contribution in [1.82, 2.24) is 19.8 Å². The first-order chi connectivity index (χ1) is 15.6. The number of halogens is 3. The van der Waals surface area contributed by atoms with Crippen LogP contribution in [-0.4, -0.2) is 65.3 Å². The summed E-state index contributed by atoms with van der Waals surface area (Å²) >= 11 is 0. The average molecular weight is 466 g/mol. The van der Waals surface area contributed by atoms with Gasteiger partial charge in [-0.3, -0.25) is 9.36 Å². The molecule has 2 aromatic rings. The molecule has 1 aliphatic heterocycles. The lowest BCUT2D eigenvalue weighted by atomic mass is 10.00. The molecule has 10 heteroatoms. The number of imidazole rings is 1. The highest BCUT2D eigenvalue weighted by molar-refractivity contribution is 5.95. The number of benzene rings is 1. The van der Waals surface area contributed by atoms with E-state index in [2.05, 4.69) is 15.2 Å².